The van der Waals surface area contributed by atoms with E-state index in [1.54, 1.807) is 24.7 Å². The van der Waals surface area contributed by atoms with E-state index in [9.17, 15) is 8.42 Å². The topological polar surface area (TPSA) is 68.1 Å². The Labute approximate surface area is 95.4 Å². The fraction of sp³-hybridized carbons (Fsp3) is 0.400. The predicted molar refractivity (Wildman–Crippen MR) is 64.2 cm³/mol. The average molecular weight is 242 g/mol. The quantitative estimate of drug-likeness (QED) is 0.539. The first-order valence-electron chi connectivity index (χ1n) is 4.84. The van der Waals surface area contributed by atoms with Gasteiger partial charge in [-0.2, -0.15) is 8.42 Å². The fourth-order valence-corrected chi connectivity index (χ4v) is 1.50. The van der Waals surface area contributed by atoms with Gasteiger partial charge in [-0.25, -0.2) is 0 Å². The molecule has 0 saturated carbocycles. The van der Waals surface area contributed by atoms with Crippen molar-refractivity contribution in [1.29, 1.82) is 0 Å². The first-order chi connectivity index (χ1) is 7.58. The van der Waals surface area contributed by atoms with Crippen LogP contribution in [0.4, 0.5) is 0 Å². The molecule has 5 nitrogen and oxygen atoms in total. The molecule has 0 fully saturated rings. The van der Waals surface area contributed by atoms with Crippen LogP contribution in [0.3, 0.4) is 0 Å². The van der Waals surface area contributed by atoms with E-state index in [0.717, 1.165) is 12.0 Å². The average Bonchev–Trinajstić information content (AvgIpc) is 2.13. The Morgan fingerprint density at radius 2 is 2.19 bits per heavy atom. The molecule has 0 aromatic heterocycles. The number of aliphatic imine (C=N–C) groups is 2. The van der Waals surface area contributed by atoms with Gasteiger partial charge in [0.1, 0.15) is 0 Å². The van der Waals surface area contributed by atoms with E-state index in [1.807, 2.05) is 6.08 Å². The number of allylic oxidation sites excluding steroid dienone is 3. The van der Waals surface area contributed by atoms with Crippen LogP contribution in [0.1, 0.15) is 12.8 Å². The Bertz CT molecular complexity index is 433. The molecule has 0 N–H and O–H groups in total. The zero-order chi connectivity index (χ0) is 11.9. The van der Waals surface area contributed by atoms with Gasteiger partial charge in [-0.1, -0.05) is 0 Å². The van der Waals surface area contributed by atoms with Crippen LogP contribution < -0.4 is 0 Å². The van der Waals surface area contributed by atoms with E-state index in [-0.39, 0.29) is 6.61 Å². The summed E-state index contributed by atoms with van der Waals surface area (Å²) >= 11 is 0. The summed E-state index contributed by atoms with van der Waals surface area (Å²) in [5, 5.41) is 0. The van der Waals surface area contributed by atoms with Crippen molar-refractivity contribution in [1.82, 2.24) is 0 Å². The van der Waals surface area contributed by atoms with Crippen LogP contribution >= 0.6 is 0 Å². The molecule has 0 bridgehead atoms. The van der Waals surface area contributed by atoms with Crippen molar-refractivity contribution in [2.24, 2.45) is 9.98 Å². The normalized spacial score (nSPS) is 15.7. The molecule has 1 heterocycles. The second-order valence-corrected chi connectivity index (χ2v) is 4.85. The van der Waals surface area contributed by atoms with Gasteiger partial charge in [0.05, 0.1) is 12.9 Å². The second kappa shape index (κ2) is 6.34. The molecule has 0 spiro atoms. The molecule has 0 aromatic rings. The minimum absolute atomic E-state index is 0.184. The monoisotopic (exact) mass is 242 g/mol. The molecule has 0 unspecified atom stereocenters. The Hall–Kier alpha value is -1.27. The highest BCUT2D eigenvalue weighted by atomic mass is 32.2. The fourth-order valence-electron chi connectivity index (χ4n) is 1.08. The van der Waals surface area contributed by atoms with Gasteiger partial charge in [0, 0.05) is 24.3 Å². The number of hydrogen-bond donors (Lipinski definition) is 0. The molecular formula is C10H14N2O3S. The van der Waals surface area contributed by atoms with E-state index in [0.29, 0.717) is 12.8 Å². The Kier molecular flexibility index (Phi) is 5.07. The van der Waals surface area contributed by atoms with Gasteiger partial charge < -0.3 is 0 Å². The van der Waals surface area contributed by atoms with Crippen LogP contribution in [0.2, 0.25) is 0 Å². The predicted octanol–water partition coefficient (Wildman–Crippen LogP) is 1.30. The second-order valence-electron chi connectivity index (χ2n) is 3.21. The van der Waals surface area contributed by atoms with Crippen LogP contribution in [-0.2, 0) is 14.3 Å². The summed E-state index contributed by atoms with van der Waals surface area (Å²) in [4.78, 5) is 8.04. The maximum absolute atomic E-state index is 10.7. The zero-order valence-corrected chi connectivity index (χ0v) is 9.85. The van der Waals surface area contributed by atoms with E-state index in [1.165, 1.54) is 0 Å². The van der Waals surface area contributed by atoms with Crippen molar-refractivity contribution in [3.63, 3.8) is 0 Å². The lowest BCUT2D eigenvalue weighted by Crippen LogP contribution is -2.04. The minimum atomic E-state index is -3.33. The summed E-state index contributed by atoms with van der Waals surface area (Å²) in [5.74, 6) is 0. The van der Waals surface area contributed by atoms with E-state index >= 15 is 0 Å². The molecule has 0 saturated heterocycles. The molecule has 0 atom stereocenters. The molecule has 1 aliphatic rings. The Morgan fingerprint density at radius 1 is 1.38 bits per heavy atom. The third-order valence-corrected chi connectivity index (χ3v) is 2.32. The molecule has 0 aromatic carbocycles. The Morgan fingerprint density at radius 3 is 2.94 bits per heavy atom. The van der Waals surface area contributed by atoms with Gasteiger partial charge in [-0.05, 0) is 25.0 Å². The molecule has 6 heteroatoms. The highest BCUT2D eigenvalue weighted by Gasteiger charge is 2.01. The van der Waals surface area contributed by atoms with Crippen molar-refractivity contribution in [3.05, 3.63) is 24.0 Å². The van der Waals surface area contributed by atoms with Crippen LogP contribution in [-0.4, -0.2) is 33.7 Å². The third kappa shape index (κ3) is 6.26. The van der Waals surface area contributed by atoms with E-state index in [4.69, 9.17) is 0 Å². The first-order valence-corrected chi connectivity index (χ1v) is 6.65. The molecule has 16 heavy (non-hydrogen) atoms. The summed E-state index contributed by atoms with van der Waals surface area (Å²) in [6, 6.07) is 0. The summed E-state index contributed by atoms with van der Waals surface area (Å²) in [6.45, 7) is 0.184. The minimum Gasteiger partial charge on any atom is -0.270 e. The van der Waals surface area contributed by atoms with Gasteiger partial charge in [0.2, 0.25) is 0 Å². The smallest absolute Gasteiger partial charge is 0.264 e. The molecule has 0 amide bonds. The lowest BCUT2D eigenvalue weighted by molar-refractivity contribution is 0.315. The van der Waals surface area contributed by atoms with Crippen molar-refractivity contribution in [3.8, 4) is 0 Å². The third-order valence-electron chi connectivity index (χ3n) is 1.73. The maximum atomic E-state index is 10.7. The van der Waals surface area contributed by atoms with Crippen molar-refractivity contribution in [2.75, 3.05) is 12.9 Å². The molecule has 0 radical (unpaired) electrons. The van der Waals surface area contributed by atoms with Crippen LogP contribution in [0.25, 0.3) is 0 Å². The van der Waals surface area contributed by atoms with Gasteiger partial charge >= 0.3 is 0 Å². The maximum Gasteiger partial charge on any atom is 0.264 e. The van der Waals surface area contributed by atoms with E-state index < -0.39 is 10.1 Å². The SMILES string of the molecule is CS(=O)(=O)OCCCC1=CC=CN=CC=N1. The van der Waals surface area contributed by atoms with Gasteiger partial charge in [-0.3, -0.25) is 14.2 Å². The highest BCUT2D eigenvalue weighted by Crippen LogP contribution is 2.08. The largest absolute Gasteiger partial charge is 0.270 e. The van der Waals surface area contributed by atoms with Crippen LogP contribution in [0.15, 0.2) is 34.0 Å². The highest BCUT2D eigenvalue weighted by molar-refractivity contribution is 7.85. The lowest BCUT2D eigenvalue weighted by atomic mass is 10.2. The summed E-state index contributed by atoms with van der Waals surface area (Å²) in [6.07, 6.45) is 10.8. The van der Waals surface area contributed by atoms with Crippen molar-refractivity contribution in [2.45, 2.75) is 12.8 Å². The molecule has 1 rings (SSSR count). The van der Waals surface area contributed by atoms with Crippen LogP contribution in [0.5, 0.6) is 0 Å². The van der Waals surface area contributed by atoms with Crippen molar-refractivity contribution < 1.29 is 12.6 Å². The van der Waals surface area contributed by atoms with E-state index in [2.05, 4.69) is 14.2 Å². The Balaban J connectivity index is 2.32. The summed E-state index contributed by atoms with van der Waals surface area (Å²) < 4.78 is 26.0. The summed E-state index contributed by atoms with van der Waals surface area (Å²) in [5.41, 5.74) is 0.875. The number of hydrogen-bond acceptors (Lipinski definition) is 5. The first kappa shape index (κ1) is 12.8. The summed E-state index contributed by atoms with van der Waals surface area (Å²) in [7, 11) is -3.33. The molecule has 0 aliphatic carbocycles. The lowest BCUT2D eigenvalue weighted by Gasteiger charge is -2.02. The van der Waals surface area contributed by atoms with Gasteiger partial charge in [0.15, 0.2) is 0 Å². The number of nitrogens with zero attached hydrogens (tertiary/aromatic N) is 2. The van der Waals surface area contributed by atoms with Gasteiger partial charge in [0.25, 0.3) is 10.1 Å². The standard InChI is InChI=1S/C10H14N2O3S/c1-16(13,14)15-9-3-5-10-4-2-6-11-7-8-12-10/h2,4,6-8H,3,5,9H2,1H3. The van der Waals surface area contributed by atoms with Gasteiger partial charge in [-0.15, -0.1) is 0 Å². The molecule has 88 valence electrons. The molecule has 1 aliphatic heterocycles. The van der Waals surface area contributed by atoms with Crippen LogP contribution in [0, 0.1) is 0 Å². The number of rotatable bonds is 5. The van der Waals surface area contributed by atoms with Crippen molar-refractivity contribution >= 4 is 22.5 Å². The zero-order valence-electron chi connectivity index (χ0n) is 9.04. The molecular weight excluding hydrogens is 228 g/mol.